The van der Waals surface area contributed by atoms with Gasteiger partial charge in [-0.3, -0.25) is 14.6 Å². The molecule has 0 atom stereocenters. The molecule has 0 unspecified atom stereocenters. The molecule has 170 valence electrons. The van der Waals surface area contributed by atoms with Crippen LogP contribution in [0.25, 0.3) is 0 Å². The average molecular weight is 475 g/mol. The molecule has 1 saturated carbocycles. The number of thioether (sulfide) groups is 1. The lowest BCUT2D eigenvalue weighted by molar-refractivity contribution is -0.135. The maximum Gasteiger partial charge on any atom is 0.230 e. The fourth-order valence-electron chi connectivity index (χ4n) is 4.08. The molecule has 1 aliphatic carbocycles. The predicted molar refractivity (Wildman–Crippen MR) is 125 cm³/mol. The number of amides is 2. The lowest BCUT2D eigenvalue weighted by Crippen LogP contribution is -2.50. The Balaban J connectivity index is 1.28. The highest BCUT2D eigenvalue weighted by Gasteiger charge is 2.29. The normalized spacial score (nSPS) is 16.9. The number of carbonyl (C=O) groups is 2. The molecule has 2 fully saturated rings. The number of halogens is 1. The van der Waals surface area contributed by atoms with Gasteiger partial charge in [0, 0.05) is 57.1 Å². The van der Waals surface area contributed by atoms with Crippen LogP contribution in [0.15, 0.2) is 35.7 Å². The molecule has 0 radical (unpaired) electrons. The SMILES string of the molecule is O=C(CSc1nc(Cl)cc(N2CCN(C(=O)C3CCCC3)CC2)n1)NCc1ccncc1. The summed E-state index contributed by atoms with van der Waals surface area (Å²) < 4.78 is 0. The van der Waals surface area contributed by atoms with Crippen LogP contribution in [0, 0.1) is 5.92 Å². The highest BCUT2D eigenvalue weighted by atomic mass is 35.5. The second-order valence-corrected chi connectivity index (χ2v) is 9.38. The molecule has 0 spiro atoms. The summed E-state index contributed by atoms with van der Waals surface area (Å²) in [6, 6.07) is 5.46. The van der Waals surface area contributed by atoms with Gasteiger partial charge in [-0.1, -0.05) is 36.2 Å². The van der Waals surface area contributed by atoms with Crippen molar-refractivity contribution in [1.82, 2.24) is 25.2 Å². The number of rotatable bonds is 7. The zero-order valence-electron chi connectivity index (χ0n) is 17.9. The lowest BCUT2D eigenvalue weighted by Gasteiger charge is -2.36. The summed E-state index contributed by atoms with van der Waals surface area (Å²) in [5.41, 5.74) is 0.991. The fraction of sp³-hybridized carbons (Fsp3) is 0.500. The first-order valence-electron chi connectivity index (χ1n) is 11.0. The minimum atomic E-state index is -0.101. The van der Waals surface area contributed by atoms with Crippen molar-refractivity contribution in [3.63, 3.8) is 0 Å². The van der Waals surface area contributed by atoms with Crippen molar-refractivity contribution in [1.29, 1.82) is 0 Å². The van der Waals surface area contributed by atoms with E-state index in [9.17, 15) is 9.59 Å². The van der Waals surface area contributed by atoms with Crippen molar-refractivity contribution in [3.8, 4) is 0 Å². The largest absolute Gasteiger partial charge is 0.353 e. The molecule has 32 heavy (non-hydrogen) atoms. The zero-order chi connectivity index (χ0) is 22.3. The van der Waals surface area contributed by atoms with Crippen molar-refractivity contribution < 1.29 is 9.59 Å². The van der Waals surface area contributed by atoms with E-state index in [1.54, 1.807) is 18.5 Å². The minimum Gasteiger partial charge on any atom is -0.353 e. The van der Waals surface area contributed by atoms with Crippen LogP contribution in [0.5, 0.6) is 0 Å². The van der Waals surface area contributed by atoms with Crippen LogP contribution in [-0.4, -0.2) is 63.6 Å². The van der Waals surface area contributed by atoms with Gasteiger partial charge in [-0.25, -0.2) is 9.97 Å². The number of pyridine rings is 1. The molecule has 2 aliphatic rings. The van der Waals surface area contributed by atoms with E-state index < -0.39 is 0 Å². The van der Waals surface area contributed by atoms with Crippen LogP contribution >= 0.6 is 23.4 Å². The topological polar surface area (TPSA) is 91.3 Å². The third kappa shape index (κ3) is 6.10. The maximum absolute atomic E-state index is 12.7. The molecule has 0 bridgehead atoms. The van der Waals surface area contributed by atoms with Gasteiger partial charge in [0.1, 0.15) is 11.0 Å². The van der Waals surface area contributed by atoms with Crippen LogP contribution in [0.3, 0.4) is 0 Å². The van der Waals surface area contributed by atoms with E-state index in [0.29, 0.717) is 48.9 Å². The Bertz CT molecular complexity index is 933. The Morgan fingerprint density at radius 3 is 2.53 bits per heavy atom. The minimum absolute atomic E-state index is 0.101. The van der Waals surface area contributed by atoms with E-state index in [0.717, 1.165) is 37.1 Å². The van der Waals surface area contributed by atoms with E-state index in [4.69, 9.17) is 11.6 Å². The van der Waals surface area contributed by atoms with E-state index in [1.165, 1.54) is 11.8 Å². The molecule has 10 heteroatoms. The van der Waals surface area contributed by atoms with Crippen molar-refractivity contribution in [2.24, 2.45) is 5.92 Å². The summed E-state index contributed by atoms with van der Waals surface area (Å²) in [7, 11) is 0. The highest BCUT2D eigenvalue weighted by molar-refractivity contribution is 7.99. The quantitative estimate of drug-likeness (QED) is 0.374. The average Bonchev–Trinajstić information content (AvgIpc) is 3.36. The first-order valence-corrected chi connectivity index (χ1v) is 12.3. The van der Waals surface area contributed by atoms with Crippen molar-refractivity contribution in [2.75, 3.05) is 36.8 Å². The standard InChI is InChI=1S/C22H27ClN6O2S/c23-18-13-19(28-9-11-29(12-10-28)21(31)17-3-1-2-4-17)27-22(26-18)32-15-20(30)25-14-16-5-7-24-8-6-16/h5-8,13,17H,1-4,9-12,14-15H2,(H,25,30). The molecule has 2 aromatic rings. The smallest absolute Gasteiger partial charge is 0.230 e. The first kappa shape index (κ1) is 22.8. The number of nitrogens with one attached hydrogen (secondary N) is 1. The number of aromatic nitrogens is 3. The van der Waals surface area contributed by atoms with Gasteiger partial charge in [0.2, 0.25) is 11.8 Å². The number of hydrogen-bond donors (Lipinski definition) is 1. The van der Waals surface area contributed by atoms with Crippen LogP contribution < -0.4 is 10.2 Å². The third-order valence-electron chi connectivity index (χ3n) is 5.85. The van der Waals surface area contributed by atoms with Gasteiger partial charge in [-0.15, -0.1) is 0 Å². The van der Waals surface area contributed by atoms with Crippen LogP contribution in [0.1, 0.15) is 31.2 Å². The van der Waals surface area contributed by atoms with E-state index in [1.807, 2.05) is 17.0 Å². The van der Waals surface area contributed by atoms with Crippen LogP contribution in [-0.2, 0) is 16.1 Å². The fourth-order valence-corrected chi connectivity index (χ4v) is 4.99. The second-order valence-electron chi connectivity index (χ2n) is 8.05. The summed E-state index contributed by atoms with van der Waals surface area (Å²) in [6.07, 6.45) is 7.77. The van der Waals surface area contributed by atoms with Crippen LogP contribution in [0.4, 0.5) is 5.82 Å². The van der Waals surface area contributed by atoms with E-state index in [-0.39, 0.29) is 17.6 Å². The molecule has 1 saturated heterocycles. The van der Waals surface area contributed by atoms with Gasteiger partial charge in [0.15, 0.2) is 5.16 Å². The number of anilines is 1. The Morgan fingerprint density at radius 1 is 1.09 bits per heavy atom. The lowest BCUT2D eigenvalue weighted by atomic mass is 10.1. The molecule has 2 amide bonds. The molecule has 1 aliphatic heterocycles. The van der Waals surface area contributed by atoms with E-state index >= 15 is 0 Å². The summed E-state index contributed by atoms with van der Waals surface area (Å²) in [5, 5.41) is 3.69. The van der Waals surface area contributed by atoms with Crippen LogP contribution in [0.2, 0.25) is 5.15 Å². The second kappa shape index (κ2) is 11.0. The monoisotopic (exact) mass is 474 g/mol. The van der Waals surface area contributed by atoms with Gasteiger partial charge in [-0.05, 0) is 30.5 Å². The van der Waals surface area contributed by atoms with Gasteiger partial charge in [0.25, 0.3) is 0 Å². The van der Waals surface area contributed by atoms with Gasteiger partial charge < -0.3 is 15.1 Å². The van der Waals surface area contributed by atoms with E-state index in [2.05, 4.69) is 25.2 Å². The van der Waals surface area contributed by atoms with Crippen molar-refractivity contribution in [2.45, 2.75) is 37.4 Å². The van der Waals surface area contributed by atoms with Gasteiger partial charge >= 0.3 is 0 Å². The zero-order valence-corrected chi connectivity index (χ0v) is 19.4. The van der Waals surface area contributed by atoms with Gasteiger partial charge in [0.05, 0.1) is 5.75 Å². The maximum atomic E-state index is 12.7. The molecule has 8 nitrogen and oxygen atoms in total. The summed E-state index contributed by atoms with van der Waals surface area (Å²) >= 11 is 7.48. The molecule has 0 aromatic carbocycles. The number of nitrogens with zero attached hydrogens (tertiary/aromatic N) is 5. The molecular formula is C22H27ClN6O2S. The number of hydrogen-bond acceptors (Lipinski definition) is 7. The van der Waals surface area contributed by atoms with Crippen molar-refractivity contribution in [3.05, 3.63) is 41.3 Å². The Hall–Kier alpha value is -2.39. The van der Waals surface area contributed by atoms with Gasteiger partial charge in [-0.2, -0.15) is 0 Å². The molecule has 2 aromatic heterocycles. The molecular weight excluding hydrogens is 448 g/mol. The summed E-state index contributed by atoms with van der Waals surface area (Å²) in [4.78, 5) is 41.8. The third-order valence-corrected chi connectivity index (χ3v) is 6.89. The van der Waals surface area contributed by atoms with Crippen molar-refractivity contribution >= 4 is 41.0 Å². The highest BCUT2D eigenvalue weighted by Crippen LogP contribution is 2.28. The predicted octanol–water partition coefficient (Wildman–Crippen LogP) is 2.77. The summed E-state index contributed by atoms with van der Waals surface area (Å²) in [5.74, 6) is 1.35. The summed E-state index contributed by atoms with van der Waals surface area (Å²) in [6.45, 7) is 3.26. The Kier molecular flexibility index (Phi) is 7.81. The molecule has 3 heterocycles. The Morgan fingerprint density at radius 2 is 1.81 bits per heavy atom. The molecule has 4 rings (SSSR count). The molecule has 1 N–H and O–H groups in total. The number of carbonyl (C=O) groups excluding carboxylic acids is 2. The first-order chi connectivity index (χ1) is 15.6. The number of piperazine rings is 1. The Labute approximate surface area is 197 Å².